The van der Waals surface area contributed by atoms with Gasteiger partial charge in [-0.1, -0.05) is 6.42 Å². The molecule has 0 aromatic heterocycles. The van der Waals surface area contributed by atoms with Gasteiger partial charge in [0, 0.05) is 11.5 Å². The lowest BCUT2D eigenvalue weighted by atomic mass is 9.51. The second-order valence-electron chi connectivity index (χ2n) is 6.04. The fraction of sp³-hybridized carbons (Fsp3) is 0.917. The van der Waals surface area contributed by atoms with Crippen LogP contribution in [0, 0.1) is 5.41 Å². The summed E-state index contributed by atoms with van der Waals surface area (Å²) in [5.74, 6) is 0. The maximum absolute atomic E-state index is 11.6. The van der Waals surface area contributed by atoms with Gasteiger partial charge >= 0.3 is 6.09 Å². The molecule has 0 saturated heterocycles. The Hall–Kier alpha value is -0.770. The lowest BCUT2D eigenvalue weighted by Crippen LogP contribution is -2.67. The molecule has 92 valence electrons. The third kappa shape index (κ3) is 1.90. The van der Waals surface area contributed by atoms with Gasteiger partial charge in [-0.3, -0.25) is 0 Å². The Morgan fingerprint density at radius 1 is 1.44 bits per heavy atom. The van der Waals surface area contributed by atoms with Crippen LogP contribution in [0.2, 0.25) is 0 Å². The molecule has 16 heavy (non-hydrogen) atoms. The van der Waals surface area contributed by atoms with Crippen molar-refractivity contribution in [2.24, 2.45) is 5.41 Å². The quantitative estimate of drug-likeness (QED) is 0.718. The molecule has 2 atom stereocenters. The van der Waals surface area contributed by atoms with Gasteiger partial charge in [0.1, 0.15) is 5.60 Å². The smallest absolute Gasteiger partial charge is 0.407 e. The van der Waals surface area contributed by atoms with Gasteiger partial charge < -0.3 is 15.2 Å². The number of aliphatic hydroxyl groups excluding tert-OH is 1. The van der Waals surface area contributed by atoms with Gasteiger partial charge in [-0.05, 0) is 40.0 Å². The number of amides is 1. The van der Waals surface area contributed by atoms with E-state index in [2.05, 4.69) is 5.32 Å². The lowest BCUT2D eigenvalue weighted by molar-refractivity contribution is -0.143. The van der Waals surface area contributed by atoms with Crippen LogP contribution in [0.15, 0.2) is 0 Å². The second-order valence-corrected chi connectivity index (χ2v) is 6.04. The highest BCUT2D eigenvalue weighted by atomic mass is 16.6. The van der Waals surface area contributed by atoms with Crippen LogP contribution in [-0.2, 0) is 4.74 Å². The number of aliphatic hydroxyl groups is 1. The number of carbonyl (C=O) groups is 1. The molecule has 0 bridgehead atoms. The highest BCUT2D eigenvalue weighted by molar-refractivity contribution is 5.68. The molecule has 0 unspecified atom stereocenters. The van der Waals surface area contributed by atoms with E-state index in [1.165, 1.54) is 0 Å². The van der Waals surface area contributed by atoms with E-state index in [9.17, 15) is 9.90 Å². The fourth-order valence-corrected chi connectivity index (χ4v) is 2.68. The Morgan fingerprint density at radius 3 is 2.44 bits per heavy atom. The number of rotatable bonds is 1. The summed E-state index contributed by atoms with van der Waals surface area (Å²) in [4.78, 5) is 11.6. The van der Waals surface area contributed by atoms with E-state index in [0.29, 0.717) is 6.42 Å². The van der Waals surface area contributed by atoms with Crippen LogP contribution in [0.25, 0.3) is 0 Å². The monoisotopic (exact) mass is 227 g/mol. The van der Waals surface area contributed by atoms with Gasteiger partial charge in [-0.15, -0.1) is 0 Å². The molecule has 2 N–H and O–H groups in total. The van der Waals surface area contributed by atoms with Crippen LogP contribution in [-0.4, -0.2) is 28.9 Å². The van der Waals surface area contributed by atoms with Crippen molar-refractivity contribution in [3.05, 3.63) is 0 Å². The van der Waals surface area contributed by atoms with Crippen LogP contribution in [0.5, 0.6) is 0 Å². The molecule has 2 aliphatic rings. The summed E-state index contributed by atoms with van der Waals surface area (Å²) in [6.07, 6.45) is 3.27. The molecule has 2 saturated carbocycles. The average molecular weight is 227 g/mol. The third-order valence-corrected chi connectivity index (χ3v) is 3.79. The molecule has 2 aliphatic carbocycles. The minimum Gasteiger partial charge on any atom is -0.444 e. The second kappa shape index (κ2) is 3.62. The van der Waals surface area contributed by atoms with Gasteiger partial charge in [0.2, 0.25) is 0 Å². The molecule has 0 aliphatic heterocycles. The maximum atomic E-state index is 11.6. The number of alkyl carbamates (subject to hydrolysis) is 1. The summed E-state index contributed by atoms with van der Waals surface area (Å²) in [6.45, 7) is 5.55. The number of hydrogen-bond acceptors (Lipinski definition) is 3. The van der Waals surface area contributed by atoms with Gasteiger partial charge in [-0.25, -0.2) is 4.79 Å². The van der Waals surface area contributed by atoms with Crippen LogP contribution in [0.3, 0.4) is 0 Å². The van der Waals surface area contributed by atoms with E-state index in [-0.39, 0.29) is 23.7 Å². The molecule has 1 spiro atoms. The predicted octanol–water partition coefficient (Wildman–Crippen LogP) is 1.81. The first kappa shape index (κ1) is 11.7. The first-order chi connectivity index (χ1) is 7.33. The van der Waals surface area contributed by atoms with Crippen molar-refractivity contribution in [3.63, 3.8) is 0 Å². The maximum Gasteiger partial charge on any atom is 0.407 e. The first-order valence-corrected chi connectivity index (χ1v) is 6.01. The van der Waals surface area contributed by atoms with Crippen molar-refractivity contribution in [2.45, 2.75) is 64.2 Å². The van der Waals surface area contributed by atoms with Crippen molar-refractivity contribution in [1.29, 1.82) is 0 Å². The fourth-order valence-electron chi connectivity index (χ4n) is 2.68. The van der Waals surface area contributed by atoms with Crippen LogP contribution < -0.4 is 5.32 Å². The number of nitrogens with one attached hydrogen (secondary N) is 1. The van der Waals surface area contributed by atoms with Gasteiger partial charge in [0.05, 0.1) is 6.10 Å². The largest absolute Gasteiger partial charge is 0.444 e. The van der Waals surface area contributed by atoms with E-state index in [4.69, 9.17) is 4.74 Å². The van der Waals surface area contributed by atoms with E-state index < -0.39 is 5.60 Å². The normalized spacial score (nSPS) is 31.5. The molecule has 4 nitrogen and oxygen atoms in total. The molecule has 4 heteroatoms. The van der Waals surface area contributed by atoms with E-state index in [0.717, 1.165) is 19.3 Å². The summed E-state index contributed by atoms with van der Waals surface area (Å²) in [6, 6.07) is 0.103. The Morgan fingerprint density at radius 2 is 2.06 bits per heavy atom. The highest BCUT2D eigenvalue weighted by Gasteiger charge is 2.58. The van der Waals surface area contributed by atoms with Crippen molar-refractivity contribution in [1.82, 2.24) is 5.32 Å². The standard InChI is InChI=1S/C12H21NO3/c1-11(2,3)16-10(15)13-8-7-9(14)12(8)5-4-6-12/h8-9,14H,4-7H2,1-3H3,(H,13,15)/t8-,9-/m0/s1. The summed E-state index contributed by atoms with van der Waals surface area (Å²) >= 11 is 0. The molecular formula is C12H21NO3. The minimum atomic E-state index is -0.459. The van der Waals surface area contributed by atoms with Gasteiger partial charge in [-0.2, -0.15) is 0 Å². The Bertz CT molecular complexity index is 291. The van der Waals surface area contributed by atoms with Gasteiger partial charge in [0.25, 0.3) is 0 Å². The topological polar surface area (TPSA) is 58.6 Å². The van der Waals surface area contributed by atoms with Crippen molar-refractivity contribution in [2.75, 3.05) is 0 Å². The number of ether oxygens (including phenoxy) is 1. The van der Waals surface area contributed by atoms with Crippen molar-refractivity contribution in [3.8, 4) is 0 Å². The van der Waals surface area contributed by atoms with E-state index in [1.807, 2.05) is 20.8 Å². The summed E-state index contributed by atoms with van der Waals surface area (Å²) in [7, 11) is 0. The molecule has 2 fully saturated rings. The summed E-state index contributed by atoms with van der Waals surface area (Å²) in [5, 5.41) is 12.6. The zero-order chi connectivity index (χ0) is 12.0. The SMILES string of the molecule is CC(C)(C)OC(=O)N[C@H]1C[C@H](O)C12CCC2. The lowest BCUT2D eigenvalue weighted by Gasteiger charge is -2.59. The Kier molecular flexibility index (Phi) is 2.65. The molecule has 0 aromatic carbocycles. The molecule has 0 aromatic rings. The summed E-state index contributed by atoms with van der Waals surface area (Å²) in [5.41, 5.74) is -0.490. The molecule has 0 radical (unpaired) electrons. The van der Waals surface area contributed by atoms with Crippen LogP contribution in [0.1, 0.15) is 46.5 Å². The first-order valence-electron chi connectivity index (χ1n) is 6.01. The zero-order valence-corrected chi connectivity index (χ0v) is 10.2. The van der Waals surface area contributed by atoms with E-state index >= 15 is 0 Å². The number of hydrogen-bond donors (Lipinski definition) is 2. The predicted molar refractivity (Wildman–Crippen MR) is 60.1 cm³/mol. The van der Waals surface area contributed by atoms with Gasteiger partial charge in [0.15, 0.2) is 0 Å². The Balaban J connectivity index is 1.85. The molecule has 1 amide bonds. The zero-order valence-electron chi connectivity index (χ0n) is 10.2. The third-order valence-electron chi connectivity index (χ3n) is 3.79. The average Bonchev–Trinajstić information content (AvgIpc) is 1.95. The molecule has 0 heterocycles. The van der Waals surface area contributed by atoms with Crippen LogP contribution in [0.4, 0.5) is 4.79 Å². The van der Waals surface area contributed by atoms with E-state index in [1.54, 1.807) is 0 Å². The number of carbonyl (C=O) groups excluding carboxylic acids is 1. The van der Waals surface area contributed by atoms with Crippen molar-refractivity contribution >= 4 is 6.09 Å². The van der Waals surface area contributed by atoms with Crippen molar-refractivity contribution < 1.29 is 14.6 Å². The molecular weight excluding hydrogens is 206 g/mol. The minimum absolute atomic E-state index is 0.0308. The summed E-state index contributed by atoms with van der Waals surface area (Å²) < 4.78 is 5.21. The van der Waals surface area contributed by atoms with Crippen LogP contribution >= 0.6 is 0 Å². The highest BCUT2D eigenvalue weighted by Crippen LogP contribution is 2.55. The Labute approximate surface area is 96.4 Å². The molecule has 2 rings (SSSR count).